The predicted octanol–water partition coefficient (Wildman–Crippen LogP) is 8.55. The average molecular weight is 423 g/mol. The van der Waals surface area contributed by atoms with Gasteiger partial charge >= 0.3 is 0 Å². The molecular weight excluding hydrogens is 392 g/mol. The zero-order valence-electron chi connectivity index (χ0n) is 19.5. The van der Waals surface area contributed by atoms with Gasteiger partial charge in [-0.15, -0.1) is 0 Å². The van der Waals surface area contributed by atoms with Gasteiger partial charge < -0.3 is 4.74 Å². The summed E-state index contributed by atoms with van der Waals surface area (Å²) in [6.07, 6.45) is 0.905. The number of aryl methyl sites for hydroxylation is 2. The maximum absolute atomic E-state index is 5.18. The molecule has 0 N–H and O–H groups in total. The number of nitrogens with zero attached hydrogens (tertiary/aromatic N) is 2. The van der Waals surface area contributed by atoms with Crippen molar-refractivity contribution in [2.75, 3.05) is 7.11 Å². The van der Waals surface area contributed by atoms with Crippen molar-refractivity contribution in [2.24, 2.45) is 10.2 Å². The molecule has 0 fully saturated rings. The number of rotatable bonds is 6. The number of benzene rings is 2. The van der Waals surface area contributed by atoms with Gasteiger partial charge in [0.25, 0.3) is 0 Å². The fourth-order valence-electron chi connectivity index (χ4n) is 4.12. The van der Waals surface area contributed by atoms with E-state index >= 15 is 0 Å². The Kier molecular flexibility index (Phi) is 6.36. The highest BCUT2D eigenvalue weighted by Crippen LogP contribution is 2.37. The molecule has 2 aliphatic carbocycles. The minimum atomic E-state index is 0.516. The van der Waals surface area contributed by atoms with Gasteiger partial charge in [0, 0.05) is 0 Å². The van der Waals surface area contributed by atoms with Crippen LogP contribution in [0.1, 0.15) is 47.6 Å². The average Bonchev–Trinajstić information content (AvgIpc) is 2.98. The third-order valence-electron chi connectivity index (χ3n) is 5.99. The van der Waals surface area contributed by atoms with E-state index in [4.69, 9.17) is 4.74 Å². The summed E-state index contributed by atoms with van der Waals surface area (Å²) in [6, 6.07) is 25.2. The van der Waals surface area contributed by atoms with E-state index < -0.39 is 0 Å². The van der Waals surface area contributed by atoms with Crippen LogP contribution in [0.4, 0.5) is 11.4 Å². The lowest BCUT2D eigenvalue weighted by atomic mass is 9.98. The smallest absolute Gasteiger partial charge is 0.119 e. The predicted molar refractivity (Wildman–Crippen MR) is 133 cm³/mol. The summed E-state index contributed by atoms with van der Waals surface area (Å²) in [6.45, 7) is 8.95. The second-order valence-electron chi connectivity index (χ2n) is 8.70. The number of hydrogen-bond donors (Lipinski definition) is 0. The van der Waals surface area contributed by atoms with Crippen molar-refractivity contribution in [3.05, 3.63) is 101 Å². The molecule has 0 spiro atoms. The first-order chi connectivity index (χ1) is 15.4. The molecular formula is C29H30N2O. The largest absolute Gasteiger partial charge is 0.497 e. The molecule has 0 atom stereocenters. The summed E-state index contributed by atoms with van der Waals surface area (Å²) in [5, 5.41) is 8.69. The fourth-order valence-corrected chi connectivity index (χ4v) is 4.12. The lowest BCUT2D eigenvalue weighted by molar-refractivity contribution is 0.415. The molecule has 3 heteroatoms. The van der Waals surface area contributed by atoms with Gasteiger partial charge in [-0.1, -0.05) is 50.2 Å². The summed E-state index contributed by atoms with van der Waals surface area (Å²) in [5.41, 5.74) is 11.1. The molecule has 0 bridgehead atoms. The molecule has 32 heavy (non-hydrogen) atoms. The quantitative estimate of drug-likeness (QED) is 0.287. The van der Waals surface area contributed by atoms with E-state index in [-0.39, 0.29) is 0 Å². The number of hydrogen-bond acceptors (Lipinski definition) is 3. The van der Waals surface area contributed by atoms with Crippen molar-refractivity contribution >= 4 is 11.4 Å². The van der Waals surface area contributed by atoms with Crippen molar-refractivity contribution in [1.29, 1.82) is 0 Å². The Morgan fingerprint density at radius 1 is 0.750 bits per heavy atom. The Labute approximate surface area is 191 Å². The lowest BCUT2D eigenvalue weighted by Gasteiger charge is -2.07. The first-order valence-electron chi connectivity index (χ1n) is 11.1. The Morgan fingerprint density at radius 2 is 1.38 bits per heavy atom. The molecule has 4 rings (SSSR count). The van der Waals surface area contributed by atoms with Crippen molar-refractivity contribution in [1.82, 2.24) is 0 Å². The van der Waals surface area contributed by atoms with Crippen LogP contribution in [0.25, 0.3) is 11.1 Å². The van der Waals surface area contributed by atoms with Crippen molar-refractivity contribution in [2.45, 2.75) is 40.0 Å². The maximum atomic E-state index is 5.18. The number of azo groups is 1. The minimum Gasteiger partial charge on any atom is -0.497 e. The summed E-state index contributed by atoms with van der Waals surface area (Å²) in [4.78, 5) is 0. The molecule has 3 nitrogen and oxygen atoms in total. The second kappa shape index (κ2) is 9.35. The zero-order chi connectivity index (χ0) is 22.7. The molecule has 0 saturated heterocycles. The summed E-state index contributed by atoms with van der Waals surface area (Å²) in [5.74, 6) is 1.33. The van der Waals surface area contributed by atoms with Crippen molar-refractivity contribution < 1.29 is 4.74 Å². The van der Waals surface area contributed by atoms with Crippen molar-refractivity contribution in [3.8, 4) is 16.9 Å². The monoisotopic (exact) mass is 422 g/mol. The van der Waals surface area contributed by atoms with Gasteiger partial charge in [-0.25, -0.2) is 0 Å². The van der Waals surface area contributed by atoms with E-state index in [0.717, 1.165) is 23.5 Å². The van der Waals surface area contributed by atoms with Gasteiger partial charge in [-0.2, -0.15) is 10.2 Å². The number of ether oxygens (including phenoxy) is 1. The zero-order valence-corrected chi connectivity index (χ0v) is 19.5. The van der Waals surface area contributed by atoms with Crippen LogP contribution < -0.4 is 4.74 Å². The summed E-state index contributed by atoms with van der Waals surface area (Å²) < 4.78 is 5.18. The van der Waals surface area contributed by atoms with Crippen LogP contribution in [0.15, 0.2) is 83.0 Å². The standard InChI is InChI=1S/C29H30N2O/c1-19(2)23-9-6-20(3)29-24(16-21(4)28(29)18-23)17-22-7-10-25(11-8-22)30-31-26-12-14-27(32-5)15-13-26/h6-16,18-19H,17H2,1-5H3. The lowest BCUT2D eigenvalue weighted by Crippen LogP contribution is -1.89. The molecule has 2 aromatic rings. The van der Waals surface area contributed by atoms with Crippen LogP contribution in [0.2, 0.25) is 0 Å². The molecule has 0 heterocycles. The SMILES string of the molecule is COc1ccc(N=Nc2ccc(Cc3cc(C)c4cc(C(C)C)ccc(C)c3-4)cc2)cc1. The Balaban J connectivity index is 1.54. The van der Waals surface area contributed by atoms with Crippen LogP contribution in [0.3, 0.4) is 0 Å². The highest BCUT2D eigenvalue weighted by atomic mass is 16.5. The molecule has 162 valence electrons. The molecule has 0 saturated carbocycles. The van der Waals surface area contributed by atoms with Gasteiger partial charge in [0.1, 0.15) is 5.75 Å². The molecule has 0 radical (unpaired) electrons. The molecule has 0 aromatic heterocycles. The number of fused-ring (bicyclic) bond motifs is 1. The van der Waals surface area contributed by atoms with Crippen LogP contribution in [0, 0.1) is 13.8 Å². The van der Waals surface area contributed by atoms with E-state index in [9.17, 15) is 0 Å². The van der Waals surface area contributed by atoms with E-state index in [2.05, 4.69) is 74.3 Å². The van der Waals surface area contributed by atoms with E-state index in [0.29, 0.717) is 5.92 Å². The highest BCUT2D eigenvalue weighted by molar-refractivity contribution is 5.78. The Morgan fingerprint density at radius 3 is 1.97 bits per heavy atom. The molecule has 0 amide bonds. The fraction of sp³-hybridized carbons (Fsp3) is 0.241. The Bertz CT molecular complexity index is 1210. The van der Waals surface area contributed by atoms with Gasteiger partial charge in [0.2, 0.25) is 0 Å². The molecule has 2 aromatic carbocycles. The number of methoxy groups -OCH3 is 1. The third kappa shape index (κ3) is 4.72. The first kappa shape index (κ1) is 21.8. The van der Waals surface area contributed by atoms with E-state index in [1.54, 1.807) is 7.11 Å². The third-order valence-corrected chi connectivity index (χ3v) is 5.99. The molecule has 0 aliphatic heterocycles. The second-order valence-corrected chi connectivity index (χ2v) is 8.70. The van der Waals surface area contributed by atoms with Crippen molar-refractivity contribution in [3.63, 3.8) is 0 Å². The van der Waals surface area contributed by atoms with Gasteiger partial charge in [0.05, 0.1) is 18.5 Å². The normalized spacial score (nSPS) is 11.6. The van der Waals surface area contributed by atoms with E-state index in [1.807, 2.05) is 36.4 Å². The molecule has 2 aliphatic rings. The van der Waals surface area contributed by atoms with Gasteiger partial charge in [-0.3, -0.25) is 0 Å². The van der Waals surface area contributed by atoms with Crippen LogP contribution in [0.5, 0.6) is 5.75 Å². The maximum Gasteiger partial charge on any atom is 0.119 e. The van der Waals surface area contributed by atoms with Crippen LogP contribution in [-0.2, 0) is 6.42 Å². The highest BCUT2D eigenvalue weighted by Gasteiger charge is 2.16. The Hall–Kier alpha value is -3.46. The van der Waals surface area contributed by atoms with E-state index in [1.165, 1.54) is 38.9 Å². The summed E-state index contributed by atoms with van der Waals surface area (Å²) in [7, 11) is 1.65. The molecule has 0 unspecified atom stereocenters. The first-order valence-corrected chi connectivity index (χ1v) is 11.1. The van der Waals surface area contributed by atoms with Gasteiger partial charge in [-0.05, 0) is 102 Å². The minimum absolute atomic E-state index is 0.516. The van der Waals surface area contributed by atoms with Gasteiger partial charge in [0.15, 0.2) is 0 Å². The van der Waals surface area contributed by atoms with Crippen LogP contribution >= 0.6 is 0 Å². The topological polar surface area (TPSA) is 34.0 Å². The van der Waals surface area contributed by atoms with Crippen LogP contribution in [-0.4, -0.2) is 7.11 Å². The summed E-state index contributed by atoms with van der Waals surface area (Å²) >= 11 is 0.